The summed E-state index contributed by atoms with van der Waals surface area (Å²) in [5.41, 5.74) is 0.441. The number of nitriles is 1. The topological polar surface area (TPSA) is 75.8 Å². The lowest BCUT2D eigenvalue weighted by atomic mass is 10.0. The number of imidazole rings is 1. The first kappa shape index (κ1) is 14.8. The van der Waals surface area contributed by atoms with Crippen molar-refractivity contribution in [2.24, 2.45) is 7.05 Å². The van der Waals surface area contributed by atoms with Gasteiger partial charge in [0, 0.05) is 32.2 Å². The van der Waals surface area contributed by atoms with Crippen molar-refractivity contribution in [2.75, 3.05) is 11.9 Å². The number of hydrogen-bond acceptors (Lipinski definition) is 5. The van der Waals surface area contributed by atoms with Gasteiger partial charge in [-0.05, 0) is 18.9 Å². The van der Waals surface area contributed by atoms with E-state index in [0.717, 1.165) is 18.7 Å². The number of ether oxygens (including phenoxy) is 1. The minimum absolute atomic E-state index is 0.0350. The molecule has 0 radical (unpaired) electrons. The molecule has 1 N–H and O–H groups in total. The summed E-state index contributed by atoms with van der Waals surface area (Å²) in [6.07, 6.45) is 6.92. The normalized spacial score (nSPS) is 21.3. The summed E-state index contributed by atoms with van der Waals surface area (Å²) >= 11 is 6.19. The second-order valence-electron chi connectivity index (χ2n) is 5.25. The van der Waals surface area contributed by atoms with Crippen molar-refractivity contribution in [1.29, 1.82) is 5.26 Å². The molecular formula is C15H16ClN5O. The number of anilines is 1. The fourth-order valence-electron chi connectivity index (χ4n) is 2.62. The van der Waals surface area contributed by atoms with Gasteiger partial charge in [-0.1, -0.05) is 11.6 Å². The van der Waals surface area contributed by atoms with Crippen LogP contribution in [-0.4, -0.2) is 27.2 Å². The first-order valence-corrected chi connectivity index (χ1v) is 7.48. The minimum atomic E-state index is -0.151. The number of nitrogens with one attached hydrogen (secondary N) is 1. The summed E-state index contributed by atoms with van der Waals surface area (Å²) in [6, 6.07) is 3.67. The third-order valence-electron chi connectivity index (χ3n) is 3.73. The van der Waals surface area contributed by atoms with Gasteiger partial charge in [-0.25, -0.2) is 9.97 Å². The number of hydrogen-bond donors (Lipinski definition) is 1. The molecule has 1 aliphatic rings. The minimum Gasteiger partial charge on any atom is -0.368 e. The summed E-state index contributed by atoms with van der Waals surface area (Å²) in [6.45, 7) is 0.713. The number of pyridine rings is 1. The average Bonchev–Trinajstić information content (AvgIpc) is 2.96. The van der Waals surface area contributed by atoms with Gasteiger partial charge in [0.15, 0.2) is 0 Å². The van der Waals surface area contributed by atoms with Crippen LogP contribution in [0.25, 0.3) is 0 Å². The van der Waals surface area contributed by atoms with E-state index in [1.165, 1.54) is 6.20 Å². The highest BCUT2D eigenvalue weighted by molar-refractivity contribution is 6.33. The van der Waals surface area contributed by atoms with E-state index >= 15 is 0 Å². The van der Waals surface area contributed by atoms with E-state index < -0.39 is 0 Å². The number of nitrogens with zero attached hydrogens (tertiary/aromatic N) is 4. The van der Waals surface area contributed by atoms with E-state index in [1.54, 1.807) is 12.3 Å². The zero-order valence-corrected chi connectivity index (χ0v) is 12.9. The van der Waals surface area contributed by atoms with Gasteiger partial charge < -0.3 is 14.6 Å². The number of aryl methyl sites for hydroxylation is 1. The van der Waals surface area contributed by atoms with Gasteiger partial charge in [-0.2, -0.15) is 5.26 Å². The van der Waals surface area contributed by atoms with E-state index in [4.69, 9.17) is 21.6 Å². The summed E-state index contributed by atoms with van der Waals surface area (Å²) in [4.78, 5) is 8.62. The fraction of sp³-hybridized carbons (Fsp3) is 0.400. The molecule has 2 aromatic rings. The zero-order chi connectivity index (χ0) is 15.5. The lowest BCUT2D eigenvalue weighted by Crippen LogP contribution is -2.35. The summed E-state index contributed by atoms with van der Waals surface area (Å²) in [5, 5.41) is 12.6. The van der Waals surface area contributed by atoms with Crippen LogP contribution in [0.15, 0.2) is 24.7 Å². The van der Waals surface area contributed by atoms with Crippen molar-refractivity contribution in [3.8, 4) is 6.07 Å². The Morgan fingerprint density at radius 2 is 2.36 bits per heavy atom. The maximum atomic E-state index is 8.87. The maximum Gasteiger partial charge on any atom is 0.145 e. The molecule has 6 nitrogen and oxygen atoms in total. The molecule has 0 aliphatic carbocycles. The van der Waals surface area contributed by atoms with Crippen LogP contribution in [0.5, 0.6) is 0 Å². The van der Waals surface area contributed by atoms with Crippen LogP contribution in [0.3, 0.4) is 0 Å². The van der Waals surface area contributed by atoms with Crippen molar-refractivity contribution >= 4 is 17.4 Å². The number of aromatic nitrogens is 3. The largest absolute Gasteiger partial charge is 0.368 e. The second-order valence-corrected chi connectivity index (χ2v) is 5.65. The molecule has 1 aliphatic heterocycles. The summed E-state index contributed by atoms with van der Waals surface area (Å²) < 4.78 is 7.86. The Balaban J connectivity index is 1.83. The highest BCUT2D eigenvalue weighted by Crippen LogP contribution is 2.31. The highest BCUT2D eigenvalue weighted by atomic mass is 35.5. The molecule has 0 saturated carbocycles. The smallest absolute Gasteiger partial charge is 0.145 e. The van der Waals surface area contributed by atoms with Crippen molar-refractivity contribution in [3.63, 3.8) is 0 Å². The van der Waals surface area contributed by atoms with Gasteiger partial charge in [0.25, 0.3) is 0 Å². The Labute approximate surface area is 133 Å². The Bertz CT molecular complexity index is 708. The predicted molar refractivity (Wildman–Crippen MR) is 82.5 cm³/mol. The van der Waals surface area contributed by atoms with Crippen LogP contribution in [0, 0.1) is 11.3 Å². The number of halogens is 1. The average molecular weight is 318 g/mol. The lowest BCUT2D eigenvalue weighted by molar-refractivity contribution is -0.00135. The van der Waals surface area contributed by atoms with Crippen molar-refractivity contribution in [2.45, 2.75) is 25.0 Å². The van der Waals surface area contributed by atoms with Gasteiger partial charge in [0.05, 0.1) is 16.6 Å². The van der Waals surface area contributed by atoms with Crippen LogP contribution in [0.4, 0.5) is 5.82 Å². The first-order valence-electron chi connectivity index (χ1n) is 7.10. The van der Waals surface area contributed by atoms with Crippen LogP contribution < -0.4 is 5.32 Å². The highest BCUT2D eigenvalue weighted by Gasteiger charge is 2.30. The van der Waals surface area contributed by atoms with Crippen LogP contribution >= 0.6 is 11.6 Å². The third kappa shape index (κ3) is 2.91. The molecule has 2 aromatic heterocycles. The van der Waals surface area contributed by atoms with Crippen LogP contribution in [0.1, 0.15) is 30.3 Å². The third-order valence-corrected chi connectivity index (χ3v) is 4.02. The molecule has 0 aromatic carbocycles. The molecule has 7 heteroatoms. The Morgan fingerprint density at radius 1 is 1.50 bits per heavy atom. The number of rotatable bonds is 3. The molecule has 0 amide bonds. The molecule has 0 spiro atoms. The summed E-state index contributed by atoms with van der Waals surface area (Å²) in [5.74, 6) is 1.44. The van der Waals surface area contributed by atoms with E-state index in [2.05, 4.69) is 15.3 Å². The van der Waals surface area contributed by atoms with Gasteiger partial charge in [0.1, 0.15) is 23.8 Å². The van der Waals surface area contributed by atoms with Gasteiger partial charge in [-0.3, -0.25) is 0 Å². The maximum absolute atomic E-state index is 8.87. The molecule has 0 unspecified atom stereocenters. The molecular weight excluding hydrogens is 302 g/mol. The SMILES string of the molecule is Cn1ccnc1[C@H]1OCCC[C@@H]1Nc1ncc(C#N)cc1Cl. The standard InChI is InChI=1S/C15H16ClN5O/c1-21-5-4-18-15(21)13-12(3-2-6-22-13)20-14-11(16)7-10(8-17)9-19-14/h4-5,7,9,12-13H,2-3,6H2,1H3,(H,19,20)/t12-,13-/m0/s1. The van der Waals surface area contributed by atoms with Gasteiger partial charge >= 0.3 is 0 Å². The molecule has 3 rings (SSSR count). The van der Waals surface area contributed by atoms with E-state index in [-0.39, 0.29) is 12.1 Å². The summed E-state index contributed by atoms with van der Waals surface area (Å²) in [7, 11) is 1.95. The molecule has 114 valence electrons. The Morgan fingerprint density at radius 3 is 3.05 bits per heavy atom. The van der Waals surface area contributed by atoms with Crippen LogP contribution in [0.2, 0.25) is 5.02 Å². The Hall–Kier alpha value is -2.10. The van der Waals surface area contributed by atoms with E-state index in [9.17, 15) is 0 Å². The molecule has 2 atom stereocenters. The van der Waals surface area contributed by atoms with Crippen molar-refractivity contribution < 1.29 is 4.74 Å². The molecule has 1 saturated heterocycles. The fourth-order valence-corrected chi connectivity index (χ4v) is 2.84. The lowest BCUT2D eigenvalue weighted by Gasteiger charge is -2.32. The molecule has 3 heterocycles. The van der Waals surface area contributed by atoms with E-state index in [0.29, 0.717) is 23.0 Å². The van der Waals surface area contributed by atoms with Gasteiger partial charge in [0.2, 0.25) is 0 Å². The molecule has 0 bridgehead atoms. The first-order chi connectivity index (χ1) is 10.7. The second kappa shape index (κ2) is 6.34. The van der Waals surface area contributed by atoms with Gasteiger partial charge in [-0.15, -0.1) is 0 Å². The monoisotopic (exact) mass is 317 g/mol. The van der Waals surface area contributed by atoms with Crippen LogP contribution in [-0.2, 0) is 11.8 Å². The molecule has 22 heavy (non-hydrogen) atoms. The Kier molecular flexibility index (Phi) is 4.27. The predicted octanol–water partition coefficient (Wildman–Crippen LogP) is 2.67. The van der Waals surface area contributed by atoms with E-state index in [1.807, 2.05) is 23.9 Å². The quantitative estimate of drug-likeness (QED) is 0.942. The van der Waals surface area contributed by atoms with Crippen molar-refractivity contribution in [3.05, 3.63) is 41.1 Å². The zero-order valence-electron chi connectivity index (χ0n) is 12.2. The van der Waals surface area contributed by atoms with Crippen molar-refractivity contribution in [1.82, 2.24) is 14.5 Å². The molecule has 1 fully saturated rings.